The summed E-state index contributed by atoms with van der Waals surface area (Å²) in [4.78, 5) is 18.8. The van der Waals surface area contributed by atoms with Crippen LogP contribution in [-0.4, -0.2) is 42.2 Å². The van der Waals surface area contributed by atoms with E-state index in [1.165, 1.54) is 0 Å². The highest BCUT2D eigenvalue weighted by Gasteiger charge is 2.21. The molecule has 5 rings (SSSR count). The number of ether oxygens (including phenoxy) is 1. The Bertz CT molecular complexity index is 1210. The molecular weight excluding hydrogens is 403 g/mol. The van der Waals surface area contributed by atoms with E-state index in [-0.39, 0.29) is 12.8 Å². The maximum atomic E-state index is 12.4. The fourth-order valence-corrected chi connectivity index (χ4v) is 3.79. The molecule has 32 heavy (non-hydrogen) atoms. The van der Waals surface area contributed by atoms with Crippen molar-refractivity contribution in [3.63, 3.8) is 0 Å². The number of aliphatic imine (C=N–C) groups is 4. The summed E-state index contributed by atoms with van der Waals surface area (Å²) >= 11 is 0. The van der Waals surface area contributed by atoms with Crippen molar-refractivity contribution in [2.45, 2.75) is 25.9 Å². The Balaban J connectivity index is 1.51. The van der Waals surface area contributed by atoms with Crippen LogP contribution in [-0.2, 0) is 4.74 Å². The van der Waals surface area contributed by atoms with Crippen molar-refractivity contribution < 1.29 is 9.13 Å². The first kappa shape index (κ1) is 20.4. The zero-order valence-corrected chi connectivity index (χ0v) is 17.8. The summed E-state index contributed by atoms with van der Waals surface area (Å²) in [7, 11) is 0. The summed E-state index contributed by atoms with van der Waals surface area (Å²) in [5.41, 5.74) is 7.69. The quantitative estimate of drug-likeness (QED) is 0.545. The largest absolute Gasteiger partial charge is 0.374 e. The average Bonchev–Trinajstić information content (AvgIpc) is 3.56. The van der Waals surface area contributed by atoms with E-state index in [1.807, 2.05) is 73.8 Å². The second-order valence-corrected chi connectivity index (χ2v) is 7.89. The lowest BCUT2D eigenvalue weighted by atomic mass is 10.1. The van der Waals surface area contributed by atoms with Gasteiger partial charge in [-0.05, 0) is 86.6 Å². The second kappa shape index (κ2) is 8.93. The van der Waals surface area contributed by atoms with Crippen LogP contribution >= 0.6 is 0 Å². The molecule has 0 aromatic heterocycles. The SMILES string of the molecule is CC(OCCCCF)C1=CC2=NC1=CC1=NC(=CC3=NC(=CC4=NC(=C2)C=C4)C=C3)C=C1. The Labute approximate surface area is 186 Å². The number of hydrogen-bond acceptors (Lipinski definition) is 5. The number of rotatable bonds is 6. The summed E-state index contributed by atoms with van der Waals surface area (Å²) in [5, 5.41) is 0. The van der Waals surface area contributed by atoms with Gasteiger partial charge in [-0.1, -0.05) is 0 Å². The average molecular weight is 426 g/mol. The van der Waals surface area contributed by atoms with Crippen LogP contribution in [0.5, 0.6) is 0 Å². The Kier molecular flexibility index (Phi) is 5.69. The van der Waals surface area contributed by atoms with Gasteiger partial charge in [0.2, 0.25) is 0 Å². The number of alkyl halides is 1. The van der Waals surface area contributed by atoms with Crippen molar-refractivity contribution >= 4 is 22.8 Å². The summed E-state index contributed by atoms with van der Waals surface area (Å²) in [5.74, 6) is 0. The molecule has 5 aliphatic rings. The van der Waals surface area contributed by atoms with Gasteiger partial charge in [-0.3, -0.25) is 4.39 Å². The van der Waals surface area contributed by atoms with E-state index < -0.39 is 0 Å². The first-order chi connectivity index (χ1) is 15.7. The van der Waals surface area contributed by atoms with Gasteiger partial charge in [0.25, 0.3) is 0 Å². The molecule has 0 saturated heterocycles. The Morgan fingerprint density at radius 3 is 1.84 bits per heavy atom. The van der Waals surface area contributed by atoms with Gasteiger partial charge in [0, 0.05) is 12.2 Å². The van der Waals surface area contributed by atoms with Crippen molar-refractivity contribution in [1.29, 1.82) is 0 Å². The molecule has 0 aromatic carbocycles. The van der Waals surface area contributed by atoms with Crippen molar-refractivity contribution in [3.05, 3.63) is 95.2 Å². The predicted molar refractivity (Wildman–Crippen MR) is 128 cm³/mol. The highest BCUT2D eigenvalue weighted by molar-refractivity contribution is 6.15. The van der Waals surface area contributed by atoms with Crippen molar-refractivity contribution in [1.82, 2.24) is 0 Å². The van der Waals surface area contributed by atoms with Gasteiger partial charge >= 0.3 is 0 Å². The summed E-state index contributed by atoms with van der Waals surface area (Å²) < 4.78 is 18.4. The van der Waals surface area contributed by atoms with Gasteiger partial charge in [-0.2, -0.15) is 0 Å². The normalized spacial score (nSPS) is 21.4. The van der Waals surface area contributed by atoms with Crippen LogP contribution < -0.4 is 0 Å². The molecule has 0 spiro atoms. The van der Waals surface area contributed by atoms with Crippen molar-refractivity contribution in [2.24, 2.45) is 20.0 Å². The van der Waals surface area contributed by atoms with Crippen LogP contribution in [0.1, 0.15) is 19.8 Å². The van der Waals surface area contributed by atoms with Crippen LogP contribution in [0.3, 0.4) is 0 Å². The molecule has 1 unspecified atom stereocenters. The summed E-state index contributed by atoms with van der Waals surface area (Å²) in [6.07, 6.45) is 22.8. The van der Waals surface area contributed by atoms with Gasteiger partial charge in [0.1, 0.15) is 0 Å². The van der Waals surface area contributed by atoms with E-state index in [1.54, 1.807) is 0 Å². The molecular formula is C26H23FN4O. The molecule has 0 amide bonds. The van der Waals surface area contributed by atoms with E-state index in [9.17, 15) is 4.39 Å². The molecule has 6 heteroatoms. The monoisotopic (exact) mass is 426 g/mol. The Morgan fingerprint density at radius 2 is 1.25 bits per heavy atom. The number of halogens is 1. The highest BCUT2D eigenvalue weighted by Crippen LogP contribution is 2.27. The highest BCUT2D eigenvalue weighted by atomic mass is 19.1. The molecule has 160 valence electrons. The lowest BCUT2D eigenvalue weighted by molar-refractivity contribution is 0.0872. The molecule has 0 saturated carbocycles. The van der Waals surface area contributed by atoms with E-state index in [0.717, 1.165) is 51.2 Å². The Morgan fingerprint density at radius 1 is 0.688 bits per heavy atom. The van der Waals surface area contributed by atoms with Gasteiger partial charge < -0.3 is 4.74 Å². The maximum absolute atomic E-state index is 12.4. The third kappa shape index (κ3) is 4.55. The number of unbranched alkanes of at least 4 members (excludes halogenated alkanes) is 1. The van der Waals surface area contributed by atoms with Crippen LogP contribution in [0, 0.1) is 0 Å². The third-order valence-electron chi connectivity index (χ3n) is 5.40. The minimum Gasteiger partial charge on any atom is -0.374 e. The molecule has 0 aromatic rings. The molecule has 1 atom stereocenters. The standard InChI is InChI=1S/C26H23FN4O/c1-17(32-11-3-2-10-27)25-15-24-14-22-7-6-20(29-22)12-18-4-5-19(28-18)13-21-8-9-23(30-21)16-26(25)31-24/h4-9,12-17H,2-3,10-11H2,1H3. The maximum Gasteiger partial charge on any atom is 0.0895 e. The number of hydrogen-bond donors (Lipinski definition) is 0. The minimum atomic E-state index is -0.316. The zero-order chi connectivity index (χ0) is 21.9. The number of nitrogens with zero attached hydrogens (tertiary/aromatic N) is 4. The number of allylic oxidation sites excluding steroid dienone is 11. The molecule has 8 bridgehead atoms. The zero-order valence-electron chi connectivity index (χ0n) is 17.8. The van der Waals surface area contributed by atoms with Gasteiger partial charge in [0.05, 0.1) is 58.4 Å². The van der Waals surface area contributed by atoms with Crippen LogP contribution in [0.4, 0.5) is 4.39 Å². The first-order valence-corrected chi connectivity index (χ1v) is 10.8. The summed E-state index contributed by atoms with van der Waals surface area (Å²) in [6, 6.07) is 0. The van der Waals surface area contributed by atoms with Gasteiger partial charge in [-0.15, -0.1) is 0 Å². The summed E-state index contributed by atoms with van der Waals surface area (Å²) in [6.45, 7) is 2.20. The minimum absolute atomic E-state index is 0.165. The van der Waals surface area contributed by atoms with Gasteiger partial charge in [-0.25, -0.2) is 20.0 Å². The fourth-order valence-electron chi connectivity index (χ4n) is 3.79. The van der Waals surface area contributed by atoms with E-state index in [2.05, 4.69) is 9.98 Å². The van der Waals surface area contributed by atoms with Crippen LogP contribution in [0.25, 0.3) is 0 Å². The van der Waals surface area contributed by atoms with E-state index in [4.69, 9.17) is 14.7 Å². The molecule has 0 fully saturated rings. The predicted octanol–water partition coefficient (Wildman–Crippen LogP) is 5.10. The second-order valence-electron chi connectivity index (χ2n) is 7.89. The lowest BCUT2D eigenvalue weighted by Gasteiger charge is -2.15. The van der Waals surface area contributed by atoms with E-state index in [0.29, 0.717) is 19.4 Å². The third-order valence-corrected chi connectivity index (χ3v) is 5.40. The Hall–Kier alpha value is -3.51. The molecule has 0 N–H and O–H groups in total. The topological polar surface area (TPSA) is 58.7 Å². The van der Waals surface area contributed by atoms with Crippen molar-refractivity contribution in [2.75, 3.05) is 13.3 Å². The first-order valence-electron chi connectivity index (χ1n) is 10.8. The molecule has 5 aliphatic heterocycles. The number of fused-ring (bicyclic) bond motifs is 4. The van der Waals surface area contributed by atoms with Crippen LogP contribution in [0.15, 0.2) is 115 Å². The van der Waals surface area contributed by atoms with Gasteiger partial charge in [0.15, 0.2) is 0 Å². The molecule has 5 nitrogen and oxygen atoms in total. The fraction of sp³-hybridized carbons (Fsp3) is 0.231. The molecule has 5 heterocycles. The van der Waals surface area contributed by atoms with Crippen LogP contribution in [0.2, 0.25) is 0 Å². The lowest BCUT2D eigenvalue weighted by Crippen LogP contribution is -2.13. The smallest absolute Gasteiger partial charge is 0.0895 e. The molecule has 0 radical (unpaired) electrons. The molecule has 0 aliphatic carbocycles. The van der Waals surface area contributed by atoms with Crippen molar-refractivity contribution in [3.8, 4) is 0 Å². The van der Waals surface area contributed by atoms with E-state index >= 15 is 0 Å².